The van der Waals surface area contributed by atoms with Gasteiger partial charge < -0.3 is 16.0 Å². The Morgan fingerprint density at radius 1 is 0.769 bits per heavy atom. The topological polar surface area (TPSA) is 87.3 Å². The number of hydrogen-bond acceptors (Lipinski definition) is 4. The van der Waals surface area contributed by atoms with Crippen LogP contribution < -0.4 is 16.0 Å². The highest BCUT2D eigenvalue weighted by molar-refractivity contribution is 8.00. The molecule has 0 spiro atoms. The van der Waals surface area contributed by atoms with E-state index in [2.05, 4.69) is 16.0 Å². The number of nitrogens with one attached hydrogen (secondary N) is 3. The van der Waals surface area contributed by atoms with Crippen molar-refractivity contribution in [3.63, 3.8) is 0 Å². The maximum absolute atomic E-state index is 13.3. The van der Waals surface area contributed by atoms with E-state index in [1.54, 1.807) is 55.5 Å². The highest BCUT2D eigenvalue weighted by Crippen LogP contribution is 2.27. The lowest BCUT2D eigenvalue weighted by Gasteiger charge is -2.14. The van der Waals surface area contributed by atoms with Gasteiger partial charge in [0.1, 0.15) is 11.5 Å². The minimum absolute atomic E-state index is 0.0835. The second-order valence-corrected chi connectivity index (χ2v) is 9.94. The van der Waals surface area contributed by atoms with Gasteiger partial charge in [-0.1, -0.05) is 54.6 Å². The van der Waals surface area contributed by atoms with Crippen LogP contribution in [0.25, 0.3) is 6.08 Å². The summed E-state index contributed by atoms with van der Waals surface area (Å²) in [4.78, 5) is 39.4. The highest BCUT2D eigenvalue weighted by Gasteiger charge is 2.17. The number of rotatable bonds is 9. The van der Waals surface area contributed by atoms with Gasteiger partial charge >= 0.3 is 0 Å². The molecular weight excluding hydrogens is 513 g/mol. The molecule has 0 aliphatic rings. The quantitative estimate of drug-likeness (QED) is 0.171. The number of benzene rings is 4. The molecule has 8 heteroatoms. The van der Waals surface area contributed by atoms with Crippen LogP contribution in [0.2, 0.25) is 0 Å². The fourth-order valence-electron chi connectivity index (χ4n) is 3.54. The van der Waals surface area contributed by atoms with Crippen LogP contribution >= 0.6 is 11.8 Å². The fourth-order valence-corrected chi connectivity index (χ4v) is 4.47. The maximum atomic E-state index is 13.3. The van der Waals surface area contributed by atoms with E-state index in [1.807, 2.05) is 42.5 Å². The van der Waals surface area contributed by atoms with Gasteiger partial charge in [-0.15, -0.1) is 11.8 Å². The van der Waals surface area contributed by atoms with Crippen LogP contribution in [-0.2, 0) is 9.59 Å². The van der Waals surface area contributed by atoms with Gasteiger partial charge in [-0.2, -0.15) is 0 Å². The fraction of sp³-hybridized carbons (Fsp3) is 0.0645. The van der Waals surface area contributed by atoms with Gasteiger partial charge in [0.25, 0.3) is 11.8 Å². The molecule has 3 amide bonds. The van der Waals surface area contributed by atoms with E-state index in [0.717, 1.165) is 10.5 Å². The normalized spacial score (nSPS) is 11.8. The first-order chi connectivity index (χ1) is 18.9. The van der Waals surface area contributed by atoms with Crippen molar-refractivity contribution < 1.29 is 18.8 Å². The Morgan fingerprint density at radius 2 is 1.44 bits per heavy atom. The molecule has 1 unspecified atom stereocenters. The Bertz CT molecular complexity index is 1480. The molecule has 0 heterocycles. The van der Waals surface area contributed by atoms with Crippen molar-refractivity contribution in [3.05, 3.63) is 132 Å². The van der Waals surface area contributed by atoms with Gasteiger partial charge in [0, 0.05) is 21.8 Å². The molecule has 0 aliphatic carbocycles. The number of halogens is 1. The third kappa shape index (κ3) is 8.15. The van der Waals surface area contributed by atoms with Crippen molar-refractivity contribution in [2.45, 2.75) is 17.1 Å². The van der Waals surface area contributed by atoms with Crippen molar-refractivity contribution in [1.82, 2.24) is 5.32 Å². The minimum Gasteiger partial charge on any atom is -0.325 e. The Balaban J connectivity index is 1.45. The zero-order chi connectivity index (χ0) is 27.6. The number of anilines is 2. The predicted octanol–water partition coefficient (Wildman–Crippen LogP) is 6.35. The summed E-state index contributed by atoms with van der Waals surface area (Å²) in [6.45, 7) is 1.76. The lowest BCUT2D eigenvalue weighted by molar-refractivity contribution is -0.115. The number of carbonyl (C=O) groups excluding carboxylic acids is 3. The summed E-state index contributed by atoms with van der Waals surface area (Å²) in [7, 11) is 0. The molecule has 0 aromatic heterocycles. The predicted molar refractivity (Wildman–Crippen MR) is 154 cm³/mol. The molecule has 4 rings (SSSR count). The molecule has 0 saturated carbocycles. The summed E-state index contributed by atoms with van der Waals surface area (Å²) < 4.78 is 13.1. The zero-order valence-electron chi connectivity index (χ0n) is 21.1. The summed E-state index contributed by atoms with van der Waals surface area (Å²) in [6, 6.07) is 30.5. The van der Waals surface area contributed by atoms with Crippen molar-refractivity contribution in [1.29, 1.82) is 0 Å². The van der Waals surface area contributed by atoms with Crippen LogP contribution in [0.3, 0.4) is 0 Å². The Morgan fingerprint density at radius 3 is 2.13 bits per heavy atom. The van der Waals surface area contributed by atoms with E-state index in [9.17, 15) is 18.8 Å². The van der Waals surface area contributed by atoms with Crippen LogP contribution in [0.1, 0.15) is 22.8 Å². The van der Waals surface area contributed by atoms with E-state index in [0.29, 0.717) is 16.9 Å². The lowest BCUT2D eigenvalue weighted by atomic mass is 10.1. The summed E-state index contributed by atoms with van der Waals surface area (Å²) in [6.07, 6.45) is 1.61. The Hall–Kier alpha value is -4.69. The van der Waals surface area contributed by atoms with Crippen LogP contribution in [0, 0.1) is 5.82 Å². The molecule has 196 valence electrons. The van der Waals surface area contributed by atoms with Gasteiger partial charge in [0.2, 0.25) is 5.91 Å². The van der Waals surface area contributed by atoms with Crippen LogP contribution in [-0.4, -0.2) is 23.0 Å². The van der Waals surface area contributed by atoms with Crippen LogP contribution in [0.15, 0.2) is 120 Å². The van der Waals surface area contributed by atoms with Crippen LogP contribution in [0.5, 0.6) is 0 Å². The van der Waals surface area contributed by atoms with Crippen molar-refractivity contribution >= 4 is 46.9 Å². The van der Waals surface area contributed by atoms with E-state index >= 15 is 0 Å². The first kappa shape index (κ1) is 27.3. The summed E-state index contributed by atoms with van der Waals surface area (Å²) in [5.74, 6) is -1.51. The molecule has 0 radical (unpaired) electrons. The Kier molecular flexibility index (Phi) is 9.26. The largest absolute Gasteiger partial charge is 0.325 e. The lowest BCUT2D eigenvalue weighted by Crippen LogP contribution is -2.30. The molecular formula is C31H26FN3O3S. The molecule has 0 aliphatic heterocycles. The highest BCUT2D eigenvalue weighted by atomic mass is 32.2. The van der Waals surface area contributed by atoms with E-state index < -0.39 is 17.1 Å². The average Bonchev–Trinajstić information content (AvgIpc) is 2.95. The van der Waals surface area contributed by atoms with Crippen molar-refractivity contribution in [3.8, 4) is 0 Å². The van der Waals surface area contributed by atoms with Crippen LogP contribution in [0.4, 0.5) is 15.8 Å². The van der Waals surface area contributed by atoms with Gasteiger partial charge in [-0.05, 0) is 73.2 Å². The van der Waals surface area contributed by atoms with Crippen molar-refractivity contribution in [2.75, 3.05) is 10.6 Å². The zero-order valence-corrected chi connectivity index (χ0v) is 21.9. The molecule has 3 N–H and O–H groups in total. The smallest absolute Gasteiger partial charge is 0.272 e. The first-order valence-corrected chi connectivity index (χ1v) is 13.0. The number of amides is 3. The SMILES string of the molecule is CC(Sc1cccc(NC(=O)/C(=C/c2ccccc2)NC(=O)c2ccccc2)c1)C(=O)Nc1ccc(F)cc1. The van der Waals surface area contributed by atoms with E-state index in [-0.39, 0.29) is 17.4 Å². The Labute approximate surface area is 230 Å². The van der Waals surface area contributed by atoms with E-state index in [4.69, 9.17) is 0 Å². The van der Waals surface area contributed by atoms with Gasteiger partial charge in [0.15, 0.2) is 0 Å². The number of carbonyl (C=O) groups is 3. The van der Waals surface area contributed by atoms with Crippen molar-refractivity contribution in [2.24, 2.45) is 0 Å². The molecule has 4 aromatic carbocycles. The minimum atomic E-state index is -0.493. The second-order valence-electron chi connectivity index (χ2n) is 8.53. The maximum Gasteiger partial charge on any atom is 0.272 e. The number of hydrogen-bond donors (Lipinski definition) is 3. The molecule has 4 aromatic rings. The van der Waals surface area contributed by atoms with Gasteiger partial charge in [-0.3, -0.25) is 14.4 Å². The third-order valence-electron chi connectivity index (χ3n) is 5.53. The molecule has 0 saturated heterocycles. The standard InChI is InChI=1S/C31H26FN3O3S/c1-21(29(36)33-25-17-15-24(32)16-18-25)39-27-14-8-13-26(20-27)34-31(38)28(19-22-9-4-2-5-10-22)35-30(37)23-11-6-3-7-12-23/h2-21H,1H3,(H,33,36)(H,34,38)(H,35,37)/b28-19-. The van der Waals surface area contributed by atoms with Gasteiger partial charge in [0.05, 0.1) is 5.25 Å². The van der Waals surface area contributed by atoms with Gasteiger partial charge in [-0.25, -0.2) is 4.39 Å². The first-order valence-electron chi connectivity index (χ1n) is 12.1. The molecule has 0 bridgehead atoms. The van der Waals surface area contributed by atoms with E-state index in [1.165, 1.54) is 36.0 Å². The monoisotopic (exact) mass is 539 g/mol. The second kappa shape index (κ2) is 13.2. The summed E-state index contributed by atoms with van der Waals surface area (Å²) >= 11 is 1.31. The molecule has 0 fully saturated rings. The summed E-state index contributed by atoms with van der Waals surface area (Å²) in [5, 5.41) is 7.86. The molecule has 6 nitrogen and oxygen atoms in total. The number of thioether (sulfide) groups is 1. The molecule has 1 atom stereocenters. The molecule has 39 heavy (non-hydrogen) atoms. The average molecular weight is 540 g/mol. The summed E-state index contributed by atoms with van der Waals surface area (Å²) in [5.41, 5.74) is 2.27. The third-order valence-corrected chi connectivity index (χ3v) is 6.62.